The highest BCUT2D eigenvalue weighted by molar-refractivity contribution is 5.83. The maximum Gasteiger partial charge on any atom is 0.244 e. The smallest absolute Gasteiger partial charge is 0.244 e. The topological polar surface area (TPSA) is 124 Å². The highest BCUT2D eigenvalue weighted by atomic mass is 16.5. The molecule has 0 aliphatic carbocycles. The van der Waals surface area contributed by atoms with Crippen molar-refractivity contribution in [3.8, 4) is 5.88 Å². The number of rotatable bonds is 6. The standard InChI is InChI=1S/C16H21N7O2/c1-5-25-13-10-6-7-18-12(10)21-15(22-13)20-11-8-19-23(9(11)2)16(3,4)14(17)24/h6-8H,5H2,1-4H3,(H2,17,24)(H2,18,20,21,22). The van der Waals surface area contributed by atoms with E-state index in [1.54, 1.807) is 30.9 Å². The van der Waals surface area contributed by atoms with Crippen molar-refractivity contribution < 1.29 is 9.53 Å². The molecule has 0 bridgehead atoms. The second-order valence-corrected chi connectivity index (χ2v) is 6.13. The monoisotopic (exact) mass is 343 g/mol. The van der Waals surface area contributed by atoms with E-state index in [1.165, 1.54) is 0 Å². The van der Waals surface area contributed by atoms with Crippen molar-refractivity contribution in [2.24, 2.45) is 5.73 Å². The van der Waals surface area contributed by atoms with Gasteiger partial charge in [0.25, 0.3) is 0 Å². The van der Waals surface area contributed by atoms with Gasteiger partial charge in [-0.05, 0) is 33.8 Å². The molecule has 132 valence electrons. The predicted molar refractivity (Wildman–Crippen MR) is 93.8 cm³/mol. The van der Waals surface area contributed by atoms with Crippen LogP contribution in [0.4, 0.5) is 11.6 Å². The van der Waals surface area contributed by atoms with Crippen LogP contribution in [0.25, 0.3) is 11.0 Å². The molecular formula is C16H21N7O2. The normalized spacial score (nSPS) is 11.7. The fourth-order valence-corrected chi connectivity index (χ4v) is 2.54. The van der Waals surface area contributed by atoms with Gasteiger partial charge in [0, 0.05) is 6.20 Å². The molecule has 0 saturated heterocycles. The summed E-state index contributed by atoms with van der Waals surface area (Å²) in [5.41, 5.74) is 6.63. The Morgan fingerprint density at radius 3 is 2.88 bits per heavy atom. The lowest BCUT2D eigenvalue weighted by Crippen LogP contribution is -2.42. The first-order valence-electron chi connectivity index (χ1n) is 7.94. The average Bonchev–Trinajstić information content (AvgIpc) is 3.15. The molecule has 0 aliphatic rings. The largest absolute Gasteiger partial charge is 0.477 e. The number of nitrogens with zero attached hydrogens (tertiary/aromatic N) is 4. The number of ether oxygens (including phenoxy) is 1. The van der Waals surface area contributed by atoms with Crippen molar-refractivity contribution in [1.82, 2.24) is 24.7 Å². The maximum absolute atomic E-state index is 11.7. The Morgan fingerprint density at radius 2 is 2.20 bits per heavy atom. The van der Waals surface area contributed by atoms with Crippen LogP contribution in [0, 0.1) is 6.92 Å². The summed E-state index contributed by atoms with van der Waals surface area (Å²) in [5.74, 6) is 0.407. The molecule has 0 unspecified atom stereocenters. The van der Waals surface area contributed by atoms with Gasteiger partial charge >= 0.3 is 0 Å². The number of carbonyl (C=O) groups is 1. The zero-order valence-corrected chi connectivity index (χ0v) is 14.6. The molecule has 3 aromatic rings. The molecule has 0 saturated carbocycles. The Hall–Kier alpha value is -3.10. The molecule has 9 nitrogen and oxygen atoms in total. The van der Waals surface area contributed by atoms with Gasteiger partial charge in [0.2, 0.25) is 17.7 Å². The van der Waals surface area contributed by atoms with E-state index in [1.807, 2.05) is 19.9 Å². The van der Waals surface area contributed by atoms with E-state index in [-0.39, 0.29) is 0 Å². The van der Waals surface area contributed by atoms with Crippen molar-refractivity contribution in [1.29, 1.82) is 0 Å². The molecule has 0 atom stereocenters. The number of anilines is 2. The minimum Gasteiger partial charge on any atom is -0.477 e. The molecule has 1 amide bonds. The lowest BCUT2D eigenvalue weighted by molar-refractivity contribution is -0.125. The lowest BCUT2D eigenvalue weighted by atomic mass is 10.1. The molecule has 25 heavy (non-hydrogen) atoms. The summed E-state index contributed by atoms with van der Waals surface area (Å²) in [6.07, 6.45) is 3.40. The van der Waals surface area contributed by atoms with Gasteiger partial charge in [-0.15, -0.1) is 0 Å². The van der Waals surface area contributed by atoms with Crippen LogP contribution in [0.3, 0.4) is 0 Å². The Bertz CT molecular complexity index is 926. The van der Waals surface area contributed by atoms with Crippen molar-refractivity contribution >= 4 is 28.6 Å². The molecule has 0 radical (unpaired) electrons. The van der Waals surface area contributed by atoms with Crippen LogP contribution in [0.1, 0.15) is 26.5 Å². The van der Waals surface area contributed by atoms with E-state index < -0.39 is 11.4 Å². The molecule has 3 heterocycles. The zero-order chi connectivity index (χ0) is 18.2. The highest BCUT2D eigenvalue weighted by Gasteiger charge is 2.30. The van der Waals surface area contributed by atoms with Crippen LogP contribution >= 0.6 is 0 Å². The molecule has 0 aliphatic heterocycles. The second-order valence-electron chi connectivity index (χ2n) is 6.13. The molecule has 0 aromatic carbocycles. The van der Waals surface area contributed by atoms with Gasteiger partial charge in [0.05, 0.1) is 29.6 Å². The number of hydrogen-bond donors (Lipinski definition) is 3. The summed E-state index contributed by atoms with van der Waals surface area (Å²) in [7, 11) is 0. The Kier molecular flexibility index (Phi) is 4.07. The summed E-state index contributed by atoms with van der Waals surface area (Å²) >= 11 is 0. The van der Waals surface area contributed by atoms with Gasteiger partial charge in [-0.3, -0.25) is 9.48 Å². The molecule has 9 heteroatoms. The van der Waals surface area contributed by atoms with Crippen molar-refractivity contribution in [3.05, 3.63) is 24.2 Å². The third-order valence-electron chi connectivity index (χ3n) is 4.05. The molecule has 4 N–H and O–H groups in total. The van der Waals surface area contributed by atoms with E-state index in [0.717, 1.165) is 11.1 Å². The number of nitrogens with two attached hydrogens (primary N) is 1. The number of H-pyrrole nitrogens is 1. The molecule has 0 fully saturated rings. The molecule has 3 rings (SSSR count). The summed E-state index contributed by atoms with van der Waals surface area (Å²) in [4.78, 5) is 23.6. The number of fused-ring (bicyclic) bond motifs is 1. The van der Waals surface area contributed by atoms with E-state index in [0.29, 0.717) is 29.8 Å². The van der Waals surface area contributed by atoms with E-state index >= 15 is 0 Å². The maximum atomic E-state index is 11.7. The number of aromatic nitrogens is 5. The molecule has 0 spiro atoms. The first-order valence-corrected chi connectivity index (χ1v) is 7.94. The van der Waals surface area contributed by atoms with E-state index in [9.17, 15) is 4.79 Å². The number of aromatic amines is 1. The number of nitrogens with one attached hydrogen (secondary N) is 2. The van der Waals surface area contributed by atoms with Crippen LogP contribution in [0.5, 0.6) is 5.88 Å². The van der Waals surface area contributed by atoms with E-state index in [4.69, 9.17) is 10.5 Å². The van der Waals surface area contributed by atoms with Crippen LogP contribution < -0.4 is 15.8 Å². The van der Waals surface area contributed by atoms with Gasteiger partial charge in [0.15, 0.2) is 0 Å². The van der Waals surface area contributed by atoms with E-state index in [2.05, 4.69) is 25.4 Å². The summed E-state index contributed by atoms with van der Waals surface area (Å²) < 4.78 is 7.16. The summed E-state index contributed by atoms with van der Waals surface area (Å²) in [5, 5.41) is 8.22. The van der Waals surface area contributed by atoms with Gasteiger partial charge in [-0.2, -0.15) is 15.1 Å². The third-order valence-corrected chi connectivity index (χ3v) is 4.05. The van der Waals surface area contributed by atoms with Crippen molar-refractivity contribution in [3.63, 3.8) is 0 Å². The van der Waals surface area contributed by atoms with Gasteiger partial charge in [-0.25, -0.2) is 0 Å². The van der Waals surface area contributed by atoms with Crippen LogP contribution in [-0.4, -0.2) is 37.2 Å². The SMILES string of the molecule is CCOc1nc(Nc2cnn(C(C)(C)C(N)=O)c2C)nc2[nH]ccc12. The lowest BCUT2D eigenvalue weighted by Gasteiger charge is -2.23. The van der Waals surface area contributed by atoms with Gasteiger partial charge < -0.3 is 20.8 Å². The fraction of sp³-hybridized carbons (Fsp3) is 0.375. The Balaban J connectivity index is 1.97. The number of amides is 1. The predicted octanol–water partition coefficient (Wildman–Crippen LogP) is 1.83. The second kappa shape index (κ2) is 6.08. The van der Waals surface area contributed by atoms with Crippen molar-refractivity contribution in [2.45, 2.75) is 33.2 Å². The zero-order valence-electron chi connectivity index (χ0n) is 14.6. The van der Waals surface area contributed by atoms with Crippen LogP contribution in [-0.2, 0) is 10.3 Å². The fourth-order valence-electron chi connectivity index (χ4n) is 2.54. The molecular weight excluding hydrogens is 322 g/mol. The minimum atomic E-state index is -0.940. The average molecular weight is 343 g/mol. The number of primary amides is 1. The molecule has 3 aromatic heterocycles. The van der Waals surface area contributed by atoms with Crippen LogP contribution in [0.2, 0.25) is 0 Å². The third kappa shape index (κ3) is 2.88. The summed E-state index contributed by atoms with van der Waals surface area (Å²) in [6.45, 7) is 7.67. The first kappa shape index (κ1) is 16.7. The van der Waals surface area contributed by atoms with Crippen molar-refractivity contribution in [2.75, 3.05) is 11.9 Å². The Labute approximate surface area is 144 Å². The van der Waals surface area contributed by atoms with Gasteiger partial charge in [0.1, 0.15) is 11.2 Å². The first-order chi connectivity index (χ1) is 11.8. The number of carbonyl (C=O) groups excluding carboxylic acids is 1. The Morgan fingerprint density at radius 1 is 1.44 bits per heavy atom. The minimum absolute atomic E-state index is 0.373. The quantitative estimate of drug-likeness (QED) is 0.627. The summed E-state index contributed by atoms with van der Waals surface area (Å²) in [6, 6.07) is 1.86. The number of hydrogen-bond acceptors (Lipinski definition) is 6. The highest BCUT2D eigenvalue weighted by Crippen LogP contribution is 2.27. The van der Waals surface area contributed by atoms with Gasteiger partial charge in [-0.1, -0.05) is 0 Å². The van der Waals surface area contributed by atoms with Crippen LogP contribution in [0.15, 0.2) is 18.5 Å².